The Kier molecular flexibility index (Phi) is 5.09. The normalized spacial score (nSPS) is 33.3. The van der Waals surface area contributed by atoms with Crippen molar-refractivity contribution in [2.45, 2.75) is 50.6 Å². The lowest BCUT2D eigenvalue weighted by Gasteiger charge is -2.40. The van der Waals surface area contributed by atoms with E-state index in [1.807, 2.05) is 6.92 Å². The number of piperidine rings is 2. The molecule has 7 heteroatoms. The molecule has 0 aliphatic carbocycles. The van der Waals surface area contributed by atoms with Gasteiger partial charge in [-0.3, -0.25) is 5.32 Å². The van der Waals surface area contributed by atoms with Crippen LogP contribution in [0, 0.1) is 0 Å². The molecule has 3 fully saturated rings. The molecule has 3 rings (SSSR count). The second kappa shape index (κ2) is 6.73. The van der Waals surface area contributed by atoms with E-state index in [-0.39, 0.29) is 11.3 Å². The Morgan fingerprint density at radius 2 is 1.77 bits per heavy atom. The van der Waals surface area contributed by atoms with E-state index in [2.05, 4.69) is 15.5 Å². The molecule has 22 heavy (non-hydrogen) atoms. The van der Waals surface area contributed by atoms with Crippen LogP contribution in [0.3, 0.4) is 0 Å². The summed E-state index contributed by atoms with van der Waals surface area (Å²) in [6.07, 6.45) is 5.93. The van der Waals surface area contributed by atoms with E-state index in [4.69, 9.17) is 0 Å². The summed E-state index contributed by atoms with van der Waals surface area (Å²) in [4.78, 5) is 2.58. The predicted molar refractivity (Wildman–Crippen MR) is 88.2 cm³/mol. The molecule has 0 unspecified atom stereocenters. The van der Waals surface area contributed by atoms with Crippen molar-refractivity contribution in [2.24, 2.45) is 0 Å². The quantitative estimate of drug-likeness (QED) is 0.770. The molecule has 0 aromatic carbocycles. The van der Waals surface area contributed by atoms with Crippen LogP contribution in [-0.4, -0.2) is 74.3 Å². The van der Waals surface area contributed by atoms with Gasteiger partial charge in [-0.1, -0.05) is 6.42 Å². The first kappa shape index (κ1) is 16.6. The lowest BCUT2D eigenvalue weighted by Crippen LogP contribution is -2.53. The number of hydrogen-bond acceptors (Lipinski definition) is 5. The zero-order chi connectivity index (χ0) is 15.6. The van der Waals surface area contributed by atoms with Gasteiger partial charge in [0.1, 0.15) is 0 Å². The lowest BCUT2D eigenvalue weighted by atomic mass is 10.0. The Hall–Kier alpha value is -0.210. The third-order valence-corrected chi connectivity index (χ3v) is 7.53. The van der Waals surface area contributed by atoms with Crippen molar-refractivity contribution >= 4 is 10.0 Å². The van der Waals surface area contributed by atoms with Gasteiger partial charge in [-0.25, -0.2) is 12.7 Å². The van der Waals surface area contributed by atoms with Crippen LogP contribution in [0.1, 0.15) is 39.0 Å². The maximum atomic E-state index is 12.7. The Bertz CT molecular complexity index is 462. The Morgan fingerprint density at radius 3 is 2.36 bits per heavy atom. The van der Waals surface area contributed by atoms with E-state index in [9.17, 15) is 8.42 Å². The van der Waals surface area contributed by atoms with Gasteiger partial charge in [0.2, 0.25) is 10.0 Å². The first-order valence-electron chi connectivity index (χ1n) is 8.66. The van der Waals surface area contributed by atoms with E-state index < -0.39 is 10.0 Å². The largest absolute Gasteiger partial charge is 0.303 e. The topological polar surface area (TPSA) is 64.7 Å². The van der Waals surface area contributed by atoms with Crippen molar-refractivity contribution in [3.8, 4) is 0 Å². The summed E-state index contributed by atoms with van der Waals surface area (Å²) >= 11 is 0. The fraction of sp³-hybridized carbons (Fsp3) is 1.00. The smallest absolute Gasteiger partial charge is 0.215 e. The molecule has 0 spiro atoms. The van der Waals surface area contributed by atoms with Crippen LogP contribution in [0.4, 0.5) is 0 Å². The molecule has 0 bridgehead atoms. The van der Waals surface area contributed by atoms with Crippen molar-refractivity contribution in [1.82, 2.24) is 19.8 Å². The average molecular weight is 330 g/mol. The molecule has 2 N–H and O–H groups in total. The summed E-state index contributed by atoms with van der Waals surface area (Å²) < 4.78 is 27.1. The van der Waals surface area contributed by atoms with Crippen LogP contribution in [0.2, 0.25) is 0 Å². The summed E-state index contributed by atoms with van der Waals surface area (Å²) in [7, 11) is -3.17. The third kappa shape index (κ3) is 3.82. The molecule has 0 amide bonds. The number of rotatable bonds is 4. The number of hydrogen-bond donors (Lipinski definition) is 2. The molecule has 3 heterocycles. The summed E-state index contributed by atoms with van der Waals surface area (Å²) in [5, 5.41) is 6.45. The summed E-state index contributed by atoms with van der Waals surface area (Å²) in [5.41, 5.74) is -0.331. The zero-order valence-electron chi connectivity index (χ0n) is 13.7. The second-order valence-corrected chi connectivity index (χ2v) is 9.29. The zero-order valence-corrected chi connectivity index (χ0v) is 14.5. The maximum Gasteiger partial charge on any atom is 0.215 e. The molecule has 3 aliphatic heterocycles. The standard InChI is InChI=1S/C15H30N4O2S/c1-15(11-16-13-17-15)12-22(20,21)19-9-5-14(6-10-19)18-7-3-2-4-8-18/h14,16-17H,2-13H2,1H3/t15-/m0/s1. The fourth-order valence-corrected chi connectivity index (χ4v) is 6.00. The van der Waals surface area contributed by atoms with Crippen LogP contribution in [-0.2, 0) is 10.0 Å². The fourth-order valence-electron chi connectivity index (χ4n) is 4.04. The van der Waals surface area contributed by atoms with E-state index in [0.29, 0.717) is 25.8 Å². The van der Waals surface area contributed by atoms with Crippen molar-refractivity contribution in [3.63, 3.8) is 0 Å². The number of nitrogens with one attached hydrogen (secondary N) is 2. The van der Waals surface area contributed by atoms with Gasteiger partial charge in [-0.15, -0.1) is 0 Å². The molecule has 0 saturated carbocycles. The van der Waals surface area contributed by atoms with Crippen LogP contribution in [0.15, 0.2) is 0 Å². The van der Waals surface area contributed by atoms with Crippen LogP contribution in [0.25, 0.3) is 0 Å². The highest BCUT2D eigenvalue weighted by molar-refractivity contribution is 7.89. The maximum absolute atomic E-state index is 12.7. The minimum Gasteiger partial charge on any atom is -0.303 e. The summed E-state index contributed by atoms with van der Waals surface area (Å²) in [6, 6.07) is 0.591. The minimum absolute atomic E-state index is 0.196. The van der Waals surface area contributed by atoms with Gasteiger partial charge in [-0.2, -0.15) is 0 Å². The number of likely N-dealkylation sites (tertiary alicyclic amines) is 1. The number of sulfonamides is 1. The SMILES string of the molecule is C[C@@]1(CS(=O)(=O)N2CCC(N3CCCCC3)CC2)CNCN1. The Balaban J connectivity index is 1.53. The monoisotopic (exact) mass is 330 g/mol. The van der Waals surface area contributed by atoms with E-state index in [0.717, 1.165) is 19.4 Å². The minimum atomic E-state index is -3.17. The van der Waals surface area contributed by atoms with Crippen molar-refractivity contribution < 1.29 is 8.42 Å². The molecule has 0 aromatic heterocycles. The molecule has 6 nitrogen and oxygen atoms in total. The van der Waals surface area contributed by atoms with Gasteiger partial charge in [-0.05, 0) is 45.7 Å². The van der Waals surface area contributed by atoms with E-state index in [1.54, 1.807) is 4.31 Å². The Labute approximate surface area is 134 Å². The predicted octanol–water partition coefficient (Wildman–Crippen LogP) is 0.176. The highest BCUT2D eigenvalue weighted by Gasteiger charge is 2.38. The van der Waals surface area contributed by atoms with E-state index in [1.165, 1.54) is 32.4 Å². The molecule has 0 aromatic rings. The molecular weight excluding hydrogens is 300 g/mol. The Morgan fingerprint density at radius 1 is 1.09 bits per heavy atom. The molecule has 3 aliphatic rings. The lowest BCUT2D eigenvalue weighted by molar-refractivity contribution is 0.117. The van der Waals surface area contributed by atoms with Gasteiger partial charge in [0.05, 0.1) is 5.75 Å². The molecule has 0 radical (unpaired) electrons. The average Bonchev–Trinajstić information content (AvgIpc) is 2.94. The van der Waals surface area contributed by atoms with Gasteiger partial charge < -0.3 is 10.2 Å². The molecular formula is C15H30N4O2S. The van der Waals surface area contributed by atoms with Crippen LogP contribution >= 0.6 is 0 Å². The van der Waals surface area contributed by atoms with Crippen LogP contribution in [0.5, 0.6) is 0 Å². The van der Waals surface area contributed by atoms with Gasteiger partial charge in [0.15, 0.2) is 0 Å². The van der Waals surface area contributed by atoms with Crippen LogP contribution < -0.4 is 10.6 Å². The van der Waals surface area contributed by atoms with Crippen molar-refractivity contribution in [1.29, 1.82) is 0 Å². The number of nitrogens with zero attached hydrogens (tertiary/aromatic N) is 2. The first-order valence-corrected chi connectivity index (χ1v) is 10.3. The highest BCUT2D eigenvalue weighted by Crippen LogP contribution is 2.23. The van der Waals surface area contributed by atoms with Crippen molar-refractivity contribution in [2.75, 3.05) is 45.1 Å². The highest BCUT2D eigenvalue weighted by atomic mass is 32.2. The third-order valence-electron chi connectivity index (χ3n) is 5.38. The second-order valence-electron chi connectivity index (χ2n) is 7.32. The summed E-state index contributed by atoms with van der Waals surface area (Å²) in [5.74, 6) is 0.196. The van der Waals surface area contributed by atoms with Gasteiger partial charge >= 0.3 is 0 Å². The van der Waals surface area contributed by atoms with Gasteiger partial charge in [0.25, 0.3) is 0 Å². The first-order chi connectivity index (χ1) is 10.5. The molecule has 128 valence electrons. The molecule has 3 saturated heterocycles. The van der Waals surface area contributed by atoms with Crippen molar-refractivity contribution in [3.05, 3.63) is 0 Å². The summed E-state index contributed by atoms with van der Waals surface area (Å²) in [6.45, 7) is 7.18. The van der Waals surface area contributed by atoms with E-state index >= 15 is 0 Å². The van der Waals surface area contributed by atoms with Gasteiger partial charge in [0, 0.05) is 37.9 Å². The molecule has 1 atom stereocenters.